The highest BCUT2D eigenvalue weighted by Crippen LogP contribution is 2.15. The van der Waals surface area contributed by atoms with Crippen LogP contribution >= 0.6 is 0 Å². The van der Waals surface area contributed by atoms with Crippen LogP contribution in [0.15, 0.2) is 11.6 Å². The van der Waals surface area contributed by atoms with E-state index in [4.69, 9.17) is 11.5 Å². The van der Waals surface area contributed by atoms with Gasteiger partial charge in [0, 0.05) is 11.5 Å². The molecule has 1 unspecified atom stereocenters. The van der Waals surface area contributed by atoms with Crippen LogP contribution in [0.5, 0.6) is 0 Å². The molecule has 0 spiro atoms. The van der Waals surface area contributed by atoms with E-state index >= 15 is 0 Å². The highest BCUT2D eigenvalue weighted by atomic mass is 16.1. The molecule has 0 bridgehead atoms. The van der Waals surface area contributed by atoms with Crippen molar-refractivity contribution < 1.29 is 9.59 Å². The van der Waals surface area contributed by atoms with E-state index in [9.17, 15) is 9.59 Å². The smallest absolute Gasteiger partial charge is 0.244 e. The lowest BCUT2D eigenvalue weighted by Crippen LogP contribution is -2.22. The fraction of sp³-hybridized carbons (Fsp3) is 0.667. The predicted molar refractivity (Wildman–Crippen MR) is 64.4 cm³/mol. The number of carbonyl (C=O) groups is 2. The number of hydrogen-bond acceptors (Lipinski definition) is 2. The second-order valence-corrected chi connectivity index (χ2v) is 3.93. The molecule has 0 aliphatic carbocycles. The van der Waals surface area contributed by atoms with E-state index in [2.05, 4.69) is 0 Å². The minimum absolute atomic E-state index is 0.0392. The maximum absolute atomic E-state index is 11.0. The van der Waals surface area contributed by atoms with Crippen LogP contribution in [0.2, 0.25) is 0 Å². The molecule has 0 aliphatic heterocycles. The van der Waals surface area contributed by atoms with Crippen molar-refractivity contribution in [2.45, 2.75) is 46.0 Å². The van der Waals surface area contributed by atoms with Gasteiger partial charge in [-0.05, 0) is 32.6 Å². The van der Waals surface area contributed by atoms with Gasteiger partial charge in [0.1, 0.15) is 0 Å². The summed E-state index contributed by atoms with van der Waals surface area (Å²) in [5.41, 5.74) is 11.1. The Hall–Kier alpha value is -1.32. The summed E-state index contributed by atoms with van der Waals surface area (Å²) in [5.74, 6) is -0.629. The largest absolute Gasteiger partial charge is 0.369 e. The molecule has 0 saturated carbocycles. The zero-order valence-corrected chi connectivity index (χ0v) is 10.2. The molecule has 0 aromatic carbocycles. The molecule has 0 saturated heterocycles. The number of allylic oxidation sites excluding steroid dienone is 1. The molecule has 4 N–H and O–H groups in total. The first-order chi connectivity index (χ1) is 7.52. The molecule has 2 amide bonds. The maximum atomic E-state index is 11.0. The molecule has 0 radical (unpaired) electrons. The topological polar surface area (TPSA) is 86.2 Å². The summed E-state index contributed by atoms with van der Waals surface area (Å²) in [6, 6.07) is 0. The van der Waals surface area contributed by atoms with Gasteiger partial charge < -0.3 is 11.5 Å². The predicted octanol–water partition coefficient (Wildman–Crippen LogP) is 1.49. The van der Waals surface area contributed by atoms with E-state index in [0.29, 0.717) is 12.0 Å². The Balaban J connectivity index is 3.83. The molecular formula is C12H22N2O2. The minimum Gasteiger partial charge on any atom is -0.369 e. The van der Waals surface area contributed by atoms with Crippen LogP contribution in [0.1, 0.15) is 46.0 Å². The van der Waals surface area contributed by atoms with Crippen molar-refractivity contribution >= 4 is 11.8 Å². The van der Waals surface area contributed by atoms with E-state index in [1.165, 1.54) is 0 Å². The van der Waals surface area contributed by atoms with E-state index in [1.54, 1.807) is 13.0 Å². The van der Waals surface area contributed by atoms with Gasteiger partial charge in [0.05, 0.1) is 0 Å². The number of primary amides is 2. The normalized spacial score (nSPS) is 13.5. The lowest BCUT2D eigenvalue weighted by atomic mass is 9.97. The van der Waals surface area contributed by atoms with Crippen LogP contribution in [0.4, 0.5) is 0 Å². The number of rotatable bonds is 8. The number of amides is 2. The fourth-order valence-electron chi connectivity index (χ4n) is 1.66. The third kappa shape index (κ3) is 5.53. The molecule has 0 fully saturated rings. The first kappa shape index (κ1) is 14.7. The van der Waals surface area contributed by atoms with Gasteiger partial charge in [-0.15, -0.1) is 0 Å². The summed E-state index contributed by atoms with van der Waals surface area (Å²) in [6.45, 7) is 3.76. The summed E-state index contributed by atoms with van der Waals surface area (Å²) in [4.78, 5) is 21.9. The number of unbranched alkanes of at least 4 members (excludes halogenated alkanes) is 1. The second kappa shape index (κ2) is 7.91. The highest BCUT2D eigenvalue weighted by Gasteiger charge is 2.12. The van der Waals surface area contributed by atoms with Gasteiger partial charge in [0.25, 0.3) is 0 Å². The van der Waals surface area contributed by atoms with Crippen LogP contribution in [0.3, 0.4) is 0 Å². The monoisotopic (exact) mass is 226 g/mol. The van der Waals surface area contributed by atoms with E-state index in [-0.39, 0.29) is 17.7 Å². The maximum Gasteiger partial charge on any atom is 0.244 e. The van der Waals surface area contributed by atoms with E-state index in [1.807, 2.05) is 6.92 Å². The molecule has 92 valence electrons. The van der Waals surface area contributed by atoms with Gasteiger partial charge in [-0.2, -0.15) is 0 Å². The van der Waals surface area contributed by atoms with Gasteiger partial charge in [-0.3, -0.25) is 9.59 Å². The van der Waals surface area contributed by atoms with Gasteiger partial charge >= 0.3 is 0 Å². The number of hydrogen-bond donors (Lipinski definition) is 2. The molecule has 4 heteroatoms. The Bertz CT molecular complexity index is 272. The van der Waals surface area contributed by atoms with Gasteiger partial charge in [-0.25, -0.2) is 0 Å². The summed E-state index contributed by atoms with van der Waals surface area (Å²) in [7, 11) is 0. The molecule has 0 aromatic rings. The average Bonchev–Trinajstić information content (AvgIpc) is 2.22. The third-order valence-corrected chi connectivity index (χ3v) is 2.81. The van der Waals surface area contributed by atoms with Crippen LogP contribution in [0, 0.1) is 5.92 Å². The SMILES string of the molecule is CC=C(CCCCC(CC)C(N)=O)C(N)=O. The van der Waals surface area contributed by atoms with E-state index < -0.39 is 0 Å². The Morgan fingerprint density at radius 3 is 2.25 bits per heavy atom. The second-order valence-electron chi connectivity index (χ2n) is 3.93. The number of nitrogens with two attached hydrogens (primary N) is 2. The van der Waals surface area contributed by atoms with Gasteiger partial charge in [-0.1, -0.05) is 19.4 Å². The van der Waals surface area contributed by atoms with Crippen molar-refractivity contribution in [3.8, 4) is 0 Å². The Labute approximate surface area is 97.1 Å². The molecular weight excluding hydrogens is 204 g/mol. The van der Waals surface area contributed by atoms with Crippen LogP contribution < -0.4 is 11.5 Å². The molecule has 4 nitrogen and oxygen atoms in total. The van der Waals surface area contributed by atoms with Gasteiger partial charge in [0.15, 0.2) is 0 Å². The zero-order valence-electron chi connectivity index (χ0n) is 10.2. The standard InChI is InChI=1S/C12H22N2O2/c1-3-9(11(13)15)7-5-6-8-10(4-2)12(14)16/h3,10H,4-8H2,1-2H3,(H2,13,15)(H2,14,16). The first-order valence-electron chi connectivity index (χ1n) is 5.77. The van der Waals surface area contributed by atoms with Crippen molar-refractivity contribution in [3.05, 3.63) is 11.6 Å². The van der Waals surface area contributed by atoms with Crippen molar-refractivity contribution in [1.82, 2.24) is 0 Å². The molecule has 0 heterocycles. The van der Waals surface area contributed by atoms with Gasteiger partial charge in [0.2, 0.25) is 11.8 Å². The molecule has 0 aliphatic rings. The number of carbonyl (C=O) groups excluding carboxylic acids is 2. The highest BCUT2D eigenvalue weighted by molar-refractivity contribution is 5.91. The summed E-state index contributed by atoms with van der Waals surface area (Å²) in [6.07, 6.45) is 5.76. The summed E-state index contributed by atoms with van der Waals surface area (Å²) < 4.78 is 0. The quantitative estimate of drug-likeness (QED) is 0.485. The zero-order chi connectivity index (χ0) is 12.6. The van der Waals surface area contributed by atoms with Crippen LogP contribution in [-0.4, -0.2) is 11.8 Å². The Morgan fingerprint density at radius 1 is 1.25 bits per heavy atom. The molecule has 16 heavy (non-hydrogen) atoms. The Kier molecular flexibility index (Phi) is 7.25. The summed E-state index contributed by atoms with van der Waals surface area (Å²) in [5, 5.41) is 0. The van der Waals surface area contributed by atoms with E-state index in [0.717, 1.165) is 25.7 Å². The lowest BCUT2D eigenvalue weighted by molar-refractivity contribution is -0.122. The molecule has 0 aromatic heterocycles. The van der Waals surface area contributed by atoms with Crippen molar-refractivity contribution in [2.75, 3.05) is 0 Å². The van der Waals surface area contributed by atoms with Crippen LogP contribution in [-0.2, 0) is 9.59 Å². The first-order valence-corrected chi connectivity index (χ1v) is 5.77. The van der Waals surface area contributed by atoms with Crippen molar-refractivity contribution in [2.24, 2.45) is 17.4 Å². The van der Waals surface area contributed by atoms with Crippen molar-refractivity contribution in [3.63, 3.8) is 0 Å². The molecule has 0 rings (SSSR count). The van der Waals surface area contributed by atoms with Crippen LogP contribution in [0.25, 0.3) is 0 Å². The Morgan fingerprint density at radius 2 is 1.88 bits per heavy atom. The fourth-order valence-corrected chi connectivity index (χ4v) is 1.66. The van der Waals surface area contributed by atoms with Crippen molar-refractivity contribution in [1.29, 1.82) is 0 Å². The lowest BCUT2D eigenvalue weighted by Gasteiger charge is -2.10. The minimum atomic E-state index is -0.357. The summed E-state index contributed by atoms with van der Waals surface area (Å²) >= 11 is 0. The third-order valence-electron chi connectivity index (χ3n) is 2.81. The average molecular weight is 226 g/mol. The molecule has 1 atom stereocenters.